The first-order valence-corrected chi connectivity index (χ1v) is 25.6. The van der Waals surface area contributed by atoms with E-state index in [1.807, 2.05) is 0 Å². The summed E-state index contributed by atoms with van der Waals surface area (Å²) in [5, 5.41) is 44.3. The minimum atomic E-state index is -1.59. The van der Waals surface area contributed by atoms with Crippen LogP contribution in [0, 0.1) is 0 Å². The number of aliphatic carboxylic acids is 1. The molecule has 364 valence electrons. The molecule has 0 aromatic carbocycles. The maximum Gasteiger partial charge on any atom is 0.310 e. The van der Waals surface area contributed by atoms with Crippen LogP contribution in [0.15, 0.2) is 0 Å². The molecule has 0 spiro atoms. The predicted octanol–water partition coefficient (Wildman–Crippen LogP) is 10.6. The summed E-state index contributed by atoms with van der Waals surface area (Å²) in [5.41, 5.74) is 0. The summed E-state index contributed by atoms with van der Waals surface area (Å²) in [5.74, 6) is -3.00. The second kappa shape index (κ2) is 39.1. The van der Waals surface area contributed by atoms with Gasteiger partial charge in [-0.25, -0.2) is 0 Å². The zero-order chi connectivity index (χ0) is 45.6. The number of amides is 1. The van der Waals surface area contributed by atoms with Crippen molar-refractivity contribution in [1.29, 1.82) is 0 Å². The van der Waals surface area contributed by atoms with Crippen LogP contribution in [-0.4, -0.2) is 93.5 Å². The SMILES string of the molecule is CCCCCCCCCCCCCC(=O)O[C@H](CCCCCCCCCCC)CC(=O)O[C@H]1[C@H](O)[C@@H](CO)O[C@H](CC(=O)O)[C@@H]1NC(=O)C[C@H](O)CCCCCCCCCCC. The Morgan fingerprint density at radius 1 is 0.581 bits per heavy atom. The molecule has 0 aromatic heterocycles. The third-order valence-electron chi connectivity index (χ3n) is 12.3. The fourth-order valence-electron chi connectivity index (χ4n) is 8.54. The Kier molecular flexibility index (Phi) is 36.4. The molecule has 1 saturated heterocycles. The smallest absolute Gasteiger partial charge is 0.310 e. The Hall–Kier alpha value is -2.28. The molecule has 0 radical (unpaired) electrons. The third kappa shape index (κ3) is 30.0. The van der Waals surface area contributed by atoms with Gasteiger partial charge in [0.05, 0.1) is 44.1 Å². The van der Waals surface area contributed by atoms with Gasteiger partial charge in [0.25, 0.3) is 0 Å². The zero-order valence-corrected chi connectivity index (χ0v) is 39.6. The van der Waals surface area contributed by atoms with Gasteiger partial charge in [0, 0.05) is 6.42 Å². The molecule has 1 amide bonds. The average Bonchev–Trinajstić information content (AvgIpc) is 3.23. The summed E-state index contributed by atoms with van der Waals surface area (Å²) < 4.78 is 17.5. The Balaban J connectivity index is 2.88. The fraction of sp³-hybridized carbons (Fsp3) is 0.920. The van der Waals surface area contributed by atoms with Crippen molar-refractivity contribution in [3.63, 3.8) is 0 Å². The number of aliphatic hydroxyl groups excluding tert-OH is 3. The lowest BCUT2D eigenvalue weighted by atomic mass is 9.90. The first-order valence-electron chi connectivity index (χ1n) is 25.6. The molecule has 12 heteroatoms. The Morgan fingerprint density at radius 2 is 1.02 bits per heavy atom. The van der Waals surface area contributed by atoms with E-state index in [1.54, 1.807) is 0 Å². The van der Waals surface area contributed by atoms with Crippen LogP contribution < -0.4 is 5.32 Å². The second-order valence-corrected chi connectivity index (χ2v) is 18.2. The van der Waals surface area contributed by atoms with Gasteiger partial charge in [-0.1, -0.05) is 194 Å². The molecule has 5 N–H and O–H groups in total. The highest BCUT2D eigenvalue weighted by atomic mass is 16.6. The molecule has 1 aliphatic rings. The number of hydrogen-bond acceptors (Lipinski definition) is 10. The maximum absolute atomic E-state index is 13.7. The Morgan fingerprint density at radius 3 is 1.47 bits per heavy atom. The van der Waals surface area contributed by atoms with E-state index in [2.05, 4.69) is 26.1 Å². The van der Waals surface area contributed by atoms with E-state index in [0.29, 0.717) is 19.3 Å². The van der Waals surface area contributed by atoms with Crippen molar-refractivity contribution in [2.24, 2.45) is 0 Å². The molecule has 1 heterocycles. The van der Waals surface area contributed by atoms with Crippen molar-refractivity contribution in [3.05, 3.63) is 0 Å². The maximum atomic E-state index is 13.7. The van der Waals surface area contributed by atoms with E-state index in [0.717, 1.165) is 70.6 Å². The van der Waals surface area contributed by atoms with Gasteiger partial charge in [-0.05, 0) is 25.7 Å². The summed E-state index contributed by atoms with van der Waals surface area (Å²) in [6.07, 6.45) is 25.6. The summed E-state index contributed by atoms with van der Waals surface area (Å²) in [7, 11) is 0. The average molecular weight is 884 g/mol. The fourth-order valence-corrected chi connectivity index (χ4v) is 8.54. The lowest BCUT2D eigenvalue weighted by Crippen LogP contribution is -2.65. The number of unbranched alkanes of at least 4 members (excludes halogenated alkanes) is 26. The highest BCUT2D eigenvalue weighted by Gasteiger charge is 2.48. The number of carbonyl (C=O) groups is 4. The van der Waals surface area contributed by atoms with Crippen LogP contribution in [-0.2, 0) is 33.4 Å². The topological polar surface area (TPSA) is 189 Å². The van der Waals surface area contributed by atoms with E-state index in [-0.39, 0.29) is 25.2 Å². The monoisotopic (exact) mass is 884 g/mol. The number of carboxylic acids is 1. The molecule has 0 bridgehead atoms. The van der Waals surface area contributed by atoms with Gasteiger partial charge in [-0.15, -0.1) is 0 Å². The van der Waals surface area contributed by atoms with Gasteiger partial charge in [0.15, 0.2) is 6.10 Å². The van der Waals surface area contributed by atoms with Crippen molar-refractivity contribution in [3.8, 4) is 0 Å². The molecule has 1 aliphatic heterocycles. The van der Waals surface area contributed by atoms with Gasteiger partial charge in [-0.2, -0.15) is 0 Å². The lowest BCUT2D eigenvalue weighted by molar-refractivity contribution is -0.214. The molecular weight excluding hydrogens is 791 g/mol. The second-order valence-electron chi connectivity index (χ2n) is 18.2. The van der Waals surface area contributed by atoms with Crippen LogP contribution in [0.4, 0.5) is 0 Å². The number of hydrogen-bond donors (Lipinski definition) is 5. The summed E-state index contributed by atoms with van der Waals surface area (Å²) in [4.78, 5) is 51.9. The van der Waals surface area contributed by atoms with Crippen LogP contribution in [0.1, 0.15) is 245 Å². The van der Waals surface area contributed by atoms with Crippen LogP contribution in [0.2, 0.25) is 0 Å². The molecule has 0 aliphatic carbocycles. The van der Waals surface area contributed by atoms with Crippen molar-refractivity contribution in [2.45, 2.75) is 288 Å². The summed E-state index contributed by atoms with van der Waals surface area (Å²) >= 11 is 0. The van der Waals surface area contributed by atoms with Crippen LogP contribution in [0.3, 0.4) is 0 Å². The van der Waals surface area contributed by atoms with E-state index < -0.39 is 73.5 Å². The van der Waals surface area contributed by atoms with Crippen molar-refractivity contribution < 1.29 is 53.8 Å². The standard InChI is InChI=1S/C50H93NO11/c1-4-7-10-13-16-19-20-23-26-29-32-35-46(57)60-41(34-31-28-25-22-18-15-12-9-6-3)37-47(58)62-50-48(42(38-45(55)56)61-43(39-52)49(50)59)51-44(54)36-40(53)33-30-27-24-21-17-14-11-8-5-2/h40-43,48-50,52-53,59H,4-39H2,1-3H3,(H,51,54)(H,55,56)/t40-,41-,42-,43-,48+,49-,50-/m1/s1. The summed E-state index contributed by atoms with van der Waals surface area (Å²) in [6, 6.07) is -1.28. The largest absolute Gasteiger partial charge is 0.481 e. The molecule has 1 rings (SSSR count). The molecular formula is C50H93NO11. The predicted molar refractivity (Wildman–Crippen MR) is 246 cm³/mol. The van der Waals surface area contributed by atoms with Crippen molar-refractivity contribution in [1.82, 2.24) is 5.32 Å². The highest BCUT2D eigenvalue weighted by Crippen LogP contribution is 2.27. The van der Waals surface area contributed by atoms with Gasteiger partial charge in [0.1, 0.15) is 18.3 Å². The Labute approximate surface area is 376 Å². The number of aliphatic hydroxyl groups is 3. The van der Waals surface area contributed by atoms with E-state index in [4.69, 9.17) is 14.2 Å². The van der Waals surface area contributed by atoms with Gasteiger partial charge in [0.2, 0.25) is 5.91 Å². The van der Waals surface area contributed by atoms with Gasteiger partial charge in [-0.3, -0.25) is 19.2 Å². The lowest BCUT2D eigenvalue weighted by Gasteiger charge is -2.44. The molecule has 62 heavy (non-hydrogen) atoms. The molecule has 0 saturated carbocycles. The Bertz CT molecular complexity index is 1120. The minimum Gasteiger partial charge on any atom is -0.481 e. The zero-order valence-electron chi connectivity index (χ0n) is 39.6. The number of carboxylic acid groups (broad SMARTS) is 1. The normalized spacial score (nSPS) is 19.8. The number of esters is 2. The first-order chi connectivity index (χ1) is 30.1. The molecule has 12 nitrogen and oxygen atoms in total. The molecule has 0 unspecified atom stereocenters. The molecule has 7 atom stereocenters. The summed E-state index contributed by atoms with van der Waals surface area (Å²) in [6.45, 7) is 5.95. The number of rotatable bonds is 42. The van der Waals surface area contributed by atoms with Crippen LogP contribution >= 0.6 is 0 Å². The number of ether oxygens (including phenoxy) is 3. The van der Waals surface area contributed by atoms with Gasteiger partial charge < -0.3 is 40.0 Å². The van der Waals surface area contributed by atoms with Crippen molar-refractivity contribution in [2.75, 3.05) is 6.61 Å². The van der Waals surface area contributed by atoms with Crippen molar-refractivity contribution >= 4 is 23.8 Å². The van der Waals surface area contributed by atoms with E-state index in [9.17, 15) is 39.6 Å². The number of carbonyl (C=O) groups excluding carboxylic acids is 3. The van der Waals surface area contributed by atoms with Gasteiger partial charge >= 0.3 is 17.9 Å². The van der Waals surface area contributed by atoms with Crippen LogP contribution in [0.5, 0.6) is 0 Å². The first kappa shape index (κ1) is 57.7. The third-order valence-corrected chi connectivity index (χ3v) is 12.3. The highest BCUT2D eigenvalue weighted by molar-refractivity contribution is 5.77. The van der Waals surface area contributed by atoms with E-state index >= 15 is 0 Å². The molecule has 1 fully saturated rings. The molecule has 0 aromatic rings. The quantitative estimate of drug-likeness (QED) is 0.0290. The minimum absolute atomic E-state index is 0.257. The van der Waals surface area contributed by atoms with E-state index in [1.165, 1.54) is 109 Å². The van der Waals surface area contributed by atoms with Crippen LogP contribution in [0.25, 0.3) is 0 Å². The number of nitrogens with one attached hydrogen (secondary N) is 1.